The van der Waals surface area contributed by atoms with Gasteiger partial charge in [-0.3, -0.25) is 4.79 Å². The number of hydrogen-bond acceptors (Lipinski definition) is 4. The minimum Gasteiger partial charge on any atom is -0.394 e. The van der Waals surface area contributed by atoms with Crippen molar-refractivity contribution in [2.45, 2.75) is 18.4 Å². The highest BCUT2D eigenvalue weighted by Crippen LogP contribution is 2.20. The Bertz CT molecular complexity index is 584. The Morgan fingerprint density at radius 1 is 1.45 bits per heavy atom. The highest BCUT2D eigenvalue weighted by Gasteiger charge is 2.34. The minimum atomic E-state index is -0.592. The number of fused-ring (bicyclic) bond motifs is 1. The van der Waals surface area contributed by atoms with Crippen LogP contribution in [0.1, 0.15) is 23.3 Å². The summed E-state index contributed by atoms with van der Waals surface area (Å²) in [5.41, 5.74) is 0.490. The number of nitrogens with zero attached hydrogens (tertiary/aromatic N) is 2. The predicted molar refractivity (Wildman–Crippen MR) is 72.5 cm³/mol. The summed E-state index contributed by atoms with van der Waals surface area (Å²) < 4.78 is 7.08. The van der Waals surface area contributed by atoms with Gasteiger partial charge in [-0.2, -0.15) is 0 Å². The van der Waals surface area contributed by atoms with Gasteiger partial charge in [0.2, 0.25) is 0 Å². The molecule has 2 aromatic rings. The van der Waals surface area contributed by atoms with E-state index in [2.05, 4.69) is 10.3 Å². The molecule has 1 fully saturated rings. The molecule has 2 N–H and O–H groups in total. The standard InChI is InChI=1S/C14H17N3O3/c18-10-14(4-7-20-8-5-14)16-13(19)11-9-17-6-2-1-3-12(17)15-11/h1-3,6,9,18H,4-5,7-8,10H2,(H,16,19). The molecule has 3 rings (SSSR count). The van der Waals surface area contributed by atoms with Crippen molar-refractivity contribution in [3.63, 3.8) is 0 Å². The highest BCUT2D eigenvalue weighted by atomic mass is 16.5. The molecule has 0 spiro atoms. The molecule has 1 aliphatic heterocycles. The van der Waals surface area contributed by atoms with Gasteiger partial charge in [-0.05, 0) is 25.0 Å². The van der Waals surface area contributed by atoms with Gasteiger partial charge in [0, 0.05) is 25.6 Å². The van der Waals surface area contributed by atoms with Gasteiger partial charge in [0.1, 0.15) is 11.3 Å². The number of rotatable bonds is 3. The molecule has 2 aromatic heterocycles. The zero-order valence-corrected chi connectivity index (χ0v) is 11.1. The fourth-order valence-corrected chi connectivity index (χ4v) is 2.43. The lowest BCUT2D eigenvalue weighted by Crippen LogP contribution is -2.54. The molecule has 0 unspecified atom stereocenters. The molecule has 0 bridgehead atoms. The number of pyridine rings is 1. The van der Waals surface area contributed by atoms with Gasteiger partial charge < -0.3 is 19.6 Å². The maximum absolute atomic E-state index is 12.3. The van der Waals surface area contributed by atoms with Gasteiger partial charge >= 0.3 is 0 Å². The van der Waals surface area contributed by atoms with Gasteiger partial charge in [0.15, 0.2) is 0 Å². The van der Waals surface area contributed by atoms with Crippen LogP contribution in [0.2, 0.25) is 0 Å². The fourth-order valence-electron chi connectivity index (χ4n) is 2.43. The minimum absolute atomic E-state index is 0.0878. The van der Waals surface area contributed by atoms with Crippen molar-refractivity contribution in [2.75, 3.05) is 19.8 Å². The predicted octanol–water partition coefficient (Wildman–Crippen LogP) is 0.606. The van der Waals surface area contributed by atoms with E-state index in [1.165, 1.54) is 0 Å². The SMILES string of the molecule is O=C(NC1(CO)CCOCC1)c1cn2ccccc2n1. The van der Waals surface area contributed by atoms with Crippen LogP contribution in [-0.2, 0) is 4.74 Å². The zero-order chi connectivity index (χ0) is 14.0. The summed E-state index contributed by atoms with van der Waals surface area (Å²) >= 11 is 0. The van der Waals surface area contributed by atoms with E-state index in [0.29, 0.717) is 31.7 Å². The van der Waals surface area contributed by atoms with Crippen LogP contribution in [0.15, 0.2) is 30.6 Å². The molecule has 6 nitrogen and oxygen atoms in total. The summed E-state index contributed by atoms with van der Waals surface area (Å²) in [5.74, 6) is -0.260. The Balaban J connectivity index is 1.81. The number of ether oxygens (including phenoxy) is 1. The third-order valence-corrected chi connectivity index (χ3v) is 3.73. The number of aliphatic hydroxyl groups excluding tert-OH is 1. The van der Waals surface area contributed by atoms with Crippen LogP contribution in [0.5, 0.6) is 0 Å². The summed E-state index contributed by atoms with van der Waals surface area (Å²) in [6, 6.07) is 5.59. The Labute approximate surface area is 116 Å². The van der Waals surface area contributed by atoms with Crippen LogP contribution in [0, 0.1) is 0 Å². The Hall–Kier alpha value is -1.92. The monoisotopic (exact) mass is 275 g/mol. The van der Waals surface area contributed by atoms with Gasteiger partial charge in [0.05, 0.1) is 12.1 Å². The number of carbonyl (C=O) groups excluding carboxylic acids is 1. The molecule has 106 valence electrons. The molecule has 0 aliphatic carbocycles. The average Bonchev–Trinajstić information content (AvgIpc) is 2.92. The molecule has 6 heteroatoms. The van der Waals surface area contributed by atoms with E-state index in [-0.39, 0.29) is 12.5 Å². The van der Waals surface area contributed by atoms with Crippen LogP contribution < -0.4 is 5.32 Å². The van der Waals surface area contributed by atoms with Crippen molar-refractivity contribution in [3.05, 3.63) is 36.3 Å². The maximum atomic E-state index is 12.3. The molecule has 3 heterocycles. The third kappa shape index (κ3) is 2.39. The lowest BCUT2D eigenvalue weighted by molar-refractivity contribution is 0.0124. The first-order valence-corrected chi connectivity index (χ1v) is 6.67. The largest absolute Gasteiger partial charge is 0.394 e. The van der Waals surface area contributed by atoms with Crippen LogP contribution >= 0.6 is 0 Å². The molecule has 20 heavy (non-hydrogen) atoms. The lowest BCUT2D eigenvalue weighted by atomic mass is 9.91. The van der Waals surface area contributed by atoms with Crippen LogP contribution in [0.25, 0.3) is 5.65 Å². The Morgan fingerprint density at radius 2 is 2.25 bits per heavy atom. The smallest absolute Gasteiger partial charge is 0.272 e. The topological polar surface area (TPSA) is 75.9 Å². The molecular weight excluding hydrogens is 258 g/mol. The van der Waals surface area contributed by atoms with Crippen LogP contribution in [0.4, 0.5) is 0 Å². The first kappa shape index (κ1) is 13.1. The quantitative estimate of drug-likeness (QED) is 0.860. The van der Waals surface area contributed by atoms with Gasteiger partial charge in [-0.1, -0.05) is 6.07 Å². The van der Waals surface area contributed by atoms with Crippen molar-refractivity contribution in [1.29, 1.82) is 0 Å². The summed E-state index contributed by atoms with van der Waals surface area (Å²) in [7, 11) is 0. The van der Waals surface area contributed by atoms with Crippen molar-refractivity contribution in [3.8, 4) is 0 Å². The Morgan fingerprint density at radius 3 is 2.95 bits per heavy atom. The van der Waals surface area contributed by atoms with Crippen molar-refractivity contribution in [2.24, 2.45) is 0 Å². The van der Waals surface area contributed by atoms with E-state index in [4.69, 9.17) is 4.74 Å². The number of amides is 1. The number of imidazole rings is 1. The number of nitrogens with one attached hydrogen (secondary N) is 1. The summed E-state index contributed by atoms with van der Waals surface area (Å²) in [6.45, 7) is 1.01. The van der Waals surface area contributed by atoms with E-state index >= 15 is 0 Å². The lowest BCUT2D eigenvalue weighted by Gasteiger charge is -2.36. The second kappa shape index (κ2) is 5.22. The van der Waals surface area contributed by atoms with E-state index in [1.54, 1.807) is 10.6 Å². The second-order valence-electron chi connectivity index (χ2n) is 5.10. The van der Waals surface area contributed by atoms with Crippen molar-refractivity contribution in [1.82, 2.24) is 14.7 Å². The third-order valence-electron chi connectivity index (χ3n) is 3.73. The molecule has 0 atom stereocenters. The summed E-state index contributed by atoms with van der Waals surface area (Å²) in [5, 5.41) is 12.5. The maximum Gasteiger partial charge on any atom is 0.272 e. The van der Waals surface area contributed by atoms with Gasteiger partial charge in [-0.25, -0.2) is 4.98 Å². The number of hydrogen-bond donors (Lipinski definition) is 2. The number of aromatic nitrogens is 2. The molecule has 0 saturated carbocycles. The first-order chi connectivity index (χ1) is 9.72. The van der Waals surface area contributed by atoms with Crippen molar-refractivity contribution < 1.29 is 14.6 Å². The average molecular weight is 275 g/mol. The number of carbonyl (C=O) groups is 1. The molecule has 1 aliphatic rings. The normalized spacial score (nSPS) is 18.1. The second-order valence-corrected chi connectivity index (χ2v) is 5.10. The molecule has 1 saturated heterocycles. The van der Waals surface area contributed by atoms with Crippen LogP contribution in [-0.4, -0.2) is 45.8 Å². The van der Waals surface area contributed by atoms with Gasteiger partial charge in [0.25, 0.3) is 5.91 Å². The molecule has 0 aromatic carbocycles. The van der Waals surface area contributed by atoms with Crippen molar-refractivity contribution >= 4 is 11.6 Å². The van der Waals surface area contributed by atoms with E-state index in [9.17, 15) is 9.90 Å². The summed E-state index contributed by atoms with van der Waals surface area (Å²) in [6.07, 6.45) is 4.76. The molecular formula is C14H17N3O3. The first-order valence-electron chi connectivity index (χ1n) is 6.67. The van der Waals surface area contributed by atoms with E-state index in [0.717, 1.165) is 5.65 Å². The highest BCUT2D eigenvalue weighted by molar-refractivity contribution is 5.93. The van der Waals surface area contributed by atoms with Crippen LogP contribution in [0.3, 0.4) is 0 Å². The fraction of sp³-hybridized carbons (Fsp3) is 0.429. The number of aliphatic hydroxyl groups is 1. The summed E-state index contributed by atoms with van der Waals surface area (Å²) in [4.78, 5) is 16.6. The van der Waals surface area contributed by atoms with E-state index < -0.39 is 5.54 Å². The Kier molecular flexibility index (Phi) is 3.42. The zero-order valence-electron chi connectivity index (χ0n) is 11.1. The van der Waals surface area contributed by atoms with E-state index in [1.807, 2.05) is 24.4 Å². The van der Waals surface area contributed by atoms with Gasteiger partial charge in [-0.15, -0.1) is 0 Å². The molecule has 1 amide bonds. The molecule has 0 radical (unpaired) electrons.